The summed E-state index contributed by atoms with van der Waals surface area (Å²) < 4.78 is 24.8. The third-order valence-corrected chi connectivity index (χ3v) is 7.34. The van der Waals surface area contributed by atoms with Crippen molar-refractivity contribution < 1.29 is 13.2 Å². The number of nitrogens with one attached hydrogen (secondary N) is 1. The number of fused-ring (bicyclic) bond motifs is 1. The summed E-state index contributed by atoms with van der Waals surface area (Å²) in [4.78, 5) is 32.1. The molecule has 1 amide bonds. The fraction of sp³-hybridized carbons (Fsp3) is 0.348. The van der Waals surface area contributed by atoms with Gasteiger partial charge in [0, 0.05) is 31.7 Å². The average Bonchev–Trinajstić information content (AvgIpc) is 2.77. The molecule has 3 aromatic rings. The summed E-state index contributed by atoms with van der Waals surface area (Å²) in [7, 11) is -2.94. The van der Waals surface area contributed by atoms with Crippen LogP contribution in [0.5, 0.6) is 0 Å². The van der Waals surface area contributed by atoms with Gasteiger partial charge in [0.25, 0.3) is 11.5 Å². The molecule has 0 atom stereocenters. The van der Waals surface area contributed by atoms with Crippen LogP contribution in [-0.4, -0.2) is 59.9 Å². The summed E-state index contributed by atoms with van der Waals surface area (Å²) in [5.74, 6) is 0.133. The molecule has 4 rings (SSSR count). The Kier molecular flexibility index (Phi) is 6.12. The second-order valence-electron chi connectivity index (χ2n) is 8.06. The van der Waals surface area contributed by atoms with E-state index in [1.807, 2.05) is 38.1 Å². The number of aromatic nitrogens is 2. The Balaban J connectivity index is 1.69. The molecule has 1 aliphatic heterocycles. The number of sulfone groups is 1. The maximum absolute atomic E-state index is 13.3. The molecular formula is C23H26N4O4S. The van der Waals surface area contributed by atoms with Crippen LogP contribution in [0.1, 0.15) is 28.4 Å². The largest absolute Gasteiger partial charge is 0.352 e. The maximum Gasteiger partial charge on any atom is 0.265 e. The molecule has 8 nitrogen and oxygen atoms in total. The Morgan fingerprint density at radius 1 is 1.12 bits per heavy atom. The number of carbonyl (C=O) groups excluding carboxylic acids is 1. The number of benzene rings is 2. The lowest BCUT2D eigenvalue weighted by molar-refractivity contribution is 0.0955. The zero-order valence-corrected chi connectivity index (χ0v) is 19.0. The molecule has 9 heteroatoms. The smallest absolute Gasteiger partial charge is 0.265 e. The molecule has 1 fully saturated rings. The minimum absolute atomic E-state index is 0.163. The third-order valence-electron chi connectivity index (χ3n) is 5.73. The zero-order chi connectivity index (χ0) is 22.9. The van der Waals surface area contributed by atoms with Gasteiger partial charge in [-0.3, -0.25) is 19.1 Å². The minimum atomic E-state index is -2.94. The number of nitrogens with zero attached hydrogens (tertiary/aromatic N) is 3. The van der Waals surface area contributed by atoms with Crippen LogP contribution in [0.25, 0.3) is 16.6 Å². The van der Waals surface area contributed by atoms with Crippen LogP contribution < -0.4 is 10.9 Å². The summed E-state index contributed by atoms with van der Waals surface area (Å²) >= 11 is 0. The Hall–Kier alpha value is -3.04. The number of carbonyl (C=O) groups is 1. The first-order valence-electron chi connectivity index (χ1n) is 10.6. The van der Waals surface area contributed by atoms with Crippen LogP contribution >= 0.6 is 0 Å². The van der Waals surface area contributed by atoms with E-state index in [1.165, 1.54) is 10.9 Å². The van der Waals surface area contributed by atoms with E-state index in [0.717, 1.165) is 11.1 Å². The molecule has 1 saturated heterocycles. The molecule has 0 unspecified atom stereocenters. The summed E-state index contributed by atoms with van der Waals surface area (Å²) in [5, 5.41) is 3.25. The molecule has 1 aliphatic rings. The van der Waals surface area contributed by atoms with Gasteiger partial charge in [0.15, 0.2) is 9.84 Å². The van der Waals surface area contributed by atoms with Gasteiger partial charge in [0.2, 0.25) is 0 Å². The lowest BCUT2D eigenvalue weighted by atomic mass is 10.1. The number of amides is 1. The first kappa shape index (κ1) is 22.2. The molecule has 32 heavy (non-hydrogen) atoms. The quantitative estimate of drug-likeness (QED) is 0.629. The first-order chi connectivity index (χ1) is 15.3. The molecule has 0 saturated carbocycles. The molecule has 1 aromatic heterocycles. The summed E-state index contributed by atoms with van der Waals surface area (Å²) in [6, 6.07) is 10.8. The molecular weight excluding hydrogens is 428 g/mol. The Morgan fingerprint density at radius 2 is 1.88 bits per heavy atom. The highest BCUT2D eigenvalue weighted by Crippen LogP contribution is 2.18. The van der Waals surface area contributed by atoms with Crippen LogP contribution in [0.15, 0.2) is 47.5 Å². The minimum Gasteiger partial charge on any atom is -0.352 e. The van der Waals surface area contributed by atoms with E-state index >= 15 is 0 Å². The van der Waals surface area contributed by atoms with E-state index in [1.54, 1.807) is 12.1 Å². The van der Waals surface area contributed by atoms with Gasteiger partial charge in [-0.05, 0) is 49.2 Å². The third kappa shape index (κ3) is 4.58. The van der Waals surface area contributed by atoms with E-state index in [-0.39, 0.29) is 23.0 Å². The van der Waals surface area contributed by atoms with Gasteiger partial charge in [0.1, 0.15) is 6.33 Å². The van der Waals surface area contributed by atoms with Gasteiger partial charge in [-0.2, -0.15) is 0 Å². The second kappa shape index (κ2) is 8.84. The van der Waals surface area contributed by atoms with Crippen molar-refractivity contribution in [1.82, 2.24) is 19.8 Å². The lowest BCUT2D eigenvalue weighted by Gasteiger charge is -2.26. The molecule has 2 heterocycles. The SMILES string of the molecule is CCNC(=O)c1ccc(C)c(-n2cnc3ccc(CN4CCS(=O)(=O)CC4)cc3c2=O)c1. The first-order valence-corrected chi connectivity index (χ1v) is 12.4. The van der Waals surface area contributed by atoms with Crippen molar-refractivity contribution >= 4 is 26.6 Å². The fourth-order valence-electron chi connectivity index (χ4n) is 3.88. The Labute approximate surface area is 186 Å². The summed E-state index contributed by atoms with van der Waals surface area (Å²) in [5.41, 5.74) is 3.25. The topological polar surface area (TPSA) is 101 Å². The van der Waals surface area contributed by atoms with Crippen molar-refractivity contribution in [2.45, 2.75) is 20.4 Å². The van der Waals surface area contributed by atoms with Gasteiger partial charge in [-0.25, -0.2) is 13.4 Å². The van der Waals surface area contributed by atoms with E-state index < -0.39 is 9.84 Å². The standard InChI is InChI=1S/C23H26N4O4S/c1-3-24-22(28)18-6-4-16(2)21(13-18)27-15-25-20-7-5-17(12-19(20)23(27)29)14-26-8-10-32(30,31)11-9-26/h4-7,12-13,15H,3,8-11,14H2,1-2H3,(H,24,28). The predicted molar refractivity (Wildman–Crippen MR) is 124 cm³/mol. The monoisotopic (exact) mass is 454 g/mol. The van der Waals surface area contributed by atoms with Crippen LogP contribution in [0.4, 0.5) is 0 Å². The van der Waals surface area contributed by atoms with Gasteiger partial charge in [-0.1, -0.05) is 12.1 Å². The van der Waals surface area contributed by atoms with Crippen LogP contribution in [0.2, 0.25) is 0 Å². The van der Waals surface area contributed by atoms with E-state index in [4.69, 9.17) is 0 Å². The van der Waals surface area contributed by atoms with Gasteiger partial charge < -0.3 is 5.32 Å². The van der Waals surface area contributed by atoms with Gasteiger partial charge >= 0.3 is 0 Å². The van der Waals surface area contributed by atoms with E-state index in [9.17, 15) is 18.0 Å². The number of aryl methyl sites for hydroxylation is 1. The van der Waals surface area contributed by atoms with Gasteiger partial charge in [0.05, 0.1) is 28.1 Å². The van der Waals surface area contributed by atoms with Crippen LogP contribution in [-0.2, 0) is 16.4 Å². The zero-order valence-electron chi connectivity index (χ0n) is 18.2. The Morgan fingerprint density at radius 3 is 2.59 bits per heavy atom. The fourth-order valence-corrected chi connectivity index (χ4v) is 5.16. The molecule has 0 aliphatic carbocycles. The van der Waals surface area contributed by atoms with Crippen molar-refractivity contribution in [3.05, 3.63) is 69.8 Å². The highest BCUT2D eigenvalue weighted by molar-refractivity contribution is 7.91. The van der Waals surface area contributed by atoms with Crippen molar-refractivity contribution in [1.29, 1.82) is 0 Å². The molecule has 1 N–H and O–H groups in total. The number of hydrogen-bond acceptors (Lipinski definition) is 6. The Bertz CT molecular complexity index is 1330. The number of hydrogen-bond donors (Lipinski definition) is 1. The molecule has 0 spiro atoms. The average molecular weight is 455 g/mol. The lowest BCUT2D eigenvalue weighted by Crippen LogP contribution is -2.39. The molecule has 168 valence electrons. The van der Waals surface area contributed by atoms with Crippen molar-refractivity contribution in [2.24, 2.45) is 0 Å². The van der Waals surface area contributed by atoms with Crippen LogP contribution in [0.3, 0.4) is 0 Å². The van der Waals surface area contributed by atoms with Gasteiger partial charge in [-0.15, -0.1) is 0 Å². The van der Waals surface area contributed by atoms with Crippen molar-refractivity contribution in [3.8, 4) is 5.69 Å². The van der Waals surface area contributed by atoms with E-state index in [2.05, 4.69) is 15.2 Å². The van der Waals surface area contributed by atoms with E-state index in [0.29, 0.717) is 48.3 Å². The van der Waals surface area contributed by atoms with Crippen molar-refractivity contribution in [3.63, 3.8) is 0 Å². The molecule has 2 aromatic carbocycles. The molecule has 0 bridgehead atoms. The highest BCUT2D eigenvalue weighted by atomic mass is 32.2. The second-order valence-corrected chi connectivity index (χ2v) is 10.4. The maximum atomic E-state index is 13.3. The van der Waals surface area contributed by atoms with Crippen molar-refractivity contribution in [2.75, 3.05) is 31.1 Å². The highest BCUT2D eigenvalue weighted by Gasteiger charge is 2.21. The normalized spacial score (nSPS) is 16.2. The number of rotatable bonds is 5. The van der Waals surface area contributed by atoms with Crippen LogP contribution in [0, 0.1) is 6.92 Å². The molecule has 0 radical (unpaired) electrons. The summed E-state index contributed by atoms with van der Waals surface area (Å²) in [6.45, 7) is 5.81. The summed E-state index contributed by atoms with van der Waals surface area (Å²) in [6.07, 6.45) is 1.49. The predicted octanol–water partition coefficient (Wildman–Crippen LogP) is 1.67.